The van der Waals surface area contributed by atoms with Crippen LogP contribution in [0.15, 0.2) is 46.7 Å². The van der Waals surface area contributed by atoms with E-state index in [-0.39, 0.29) is 23.9 Å². The molecule has 0 spiro atoms. The molecule has 0 saturated carbocycles. The van der Waals surface area contributed by atoms with E-state index in [1.54, 1.807) is 17.2 Å². The van der Waals surface area contributed by atoms with Crippen LogP contribution in [-0.2, 0) is 14.3 Å². The van der Waals surface area contributed by atoms with Crippen LogP contribution in [0, 0.1) is 0 Å². The Kier molecular flexibility index (Phi) is 8.99. The number of piperidine rings is 2. The maximum Gasteiger partial charge on any atom is 0.409 e. The molecule has 2 aliphatic rings. The van der Waals surface area contributed by atoms with Gasteiger partial charge >= 0.3 is 6.09 Å². The first-order valence-electron chi connectivity index (χ1n) is 11.2. The summed E-state index contributed by atoms with van der Waals surface area (Å²) in [5.41, 5.74) is -0.928. The Balaban J connectivity index is 1.54. The molecule has 0 radical (unpaired) electrons. The molecule has 2 aliphatic heterocycles. The first kappa shape index (κ1) is 24.1. The maximum atomic E-state index is 13.2. The van der Waals surface area contributed by atoms with E-state index in [0.717, 1.165) is 4.90 Å². The van der Waals surface area contributed by atoms with Crippen molar-refractivity contribution in [2.75, 3.05) is 32.8 Å². The highest BCUT2D eigenvalue weighted by Gasteiger charge is 2.41. The van der Waals surface area contributed by atoms with Crippen molar-refractivity contribution in [3.8, 4) is 0 Å². The van der Waals surface area contributed by atoms with Gasteiger partial charge in [-0.2, -0.15) is 0 Å². The number of nitrogens with zero attached hydrogens (tertiary/aromatic N) is 1. The fourth-order valence-electron chi connectivity index (χ4n) is 3.96. The molecule has 3 N–H and O–H groups in total. The summed E-state index contributed by atoms with van der Waals surface area (Å²) < 4.78 is 5.05. The van der Waals surface area contributed by atoms with Crippen molar-refractivity contribution in [2.24, 2.45) is 0 Å². The van der Waals surface area contributed by atoms with E-state index in [1.165, 1.54) is 17.8 Å². The summed E-state index contributed by atoms with van der Waals surface area (Å²) in [4.78, 5) is 40.5. The van der Waals surface area contributed by atoms with E-state index in [2.05, 4.69) is 16.0 Å². The number of carbonyl (C=O) groups is 3. The van der Waals surface area contributed by atoms with Gasteiger partial charge in [0.2, 0.25) is 11.8 Å². The largest absolute Gasteiger partial charge is 0.450 e. The molecule has 174 valence electrons. The molecule has 2 heterocycles. The van der Waals surface area contributed by atoms with Gasteiger partial charge in [-0.3, -0.25) is 9.59 Å². The number of thioether (sulfide) groups is 1. The predicted molar refractivity (Wildman–Crippen MR) is 124 cm³/mol. The van der Waals surface area contributed by atoms with Crippen molar-refractivity contribution >= 4 is 29.7 Å². The van der Waals surface area contributed by atoms with Gasteiger partial charge in [-0.1, -0.05) is 30.0 Å². The normalized spacial score (nSPS) is 18.8. The standard InChI is InChI=1S/C23H32N4O4S/c1-2-31-22(30)27-15-8-18(9-16-27)25-21(29)23(11-13-24-14-12-23)26-20(28)10-17-32-19-6-4-3-5-7-19/h3-7,10,17-18,24H,2,8-9,11-16H2,1H3,(H,25,29)(H,26,28)/b17-10+. The van der Waals surface area contributed by atoms with Gasteiger partial charge in [0.25, 0.3) is 0 Å². The molecule has 0 atom stereocenters. The highest BCUT2D eigenvalue weighted by atomic mass is 32.2. The Morgan fingerprint density at radius 3 is 2.53 bits per heavy atom. The van der Waals surface area contributed by atoms with E-state index in [1.807, 2.05) is 30.3 Å². The average molecular weight is 461 g/mol. The van der Waals surface area contributed by atoms with Gasteiger partial charge in [0, 0.05) is 30.1 Å². The lowest BCUT2D eigenvalue weighted by Crippen LogP contribution is -2.64. The first-order valence-corrected chi connectivity index (χ1v) is 12.0. The average Bonchev–Trinajstić information content (AvgIpc) is 2.81. The number of hydrogen-bond acceptors (Lipinski definition) is 6. The second kappa shape index (κ2) is 11.9. The van der Waals surface area contributed by atoms with Gasteiger partial charge in [-0.15, -0.1) is 0 Å². The molecule has 1 aromatic rings. The van der Waals surface area contributed by atoms with Gasteiger partial charge in [-0.05, 0) is 63.2 Å². The fourth-order valence-corrected chi connectivity index (χ4v) is 4.62. The molecule has 8 nitrogen and oxygen atoms in total. The number of benzene rings is 1. The number of amides is 3. The summed E-state index contributed by atoms with van der Waals surface area (Å²) in [5.74, 6) is -0.423. The third-order valence-corrected chi connectivity index (χ3v) is 6.59. The molecule has 0 unspecified atom stereocenters. The molecule has 0 aliphatic carbocycles. The number of carbonyl (C=O) groups excluding carboxylic acids is 3. The van der Waals surface area contributed by atoms with Crippen molar-refractivity contribution in [2.45, 2.75) is 49.1 Å². The number of ether oxygens (including phenoxy) is 1. The number of hydrogen-bond donors (Lipinski definition) is 3. The number of nitrogens with one attached hydrogen (secondary N) is 3. The van der Waals surface area contributed by atoms with Crippen LogP contribution in [0.3, 0.4) is 0 Å². The Morgan fingerprint density at radius 2 is 1.88 bits per heavy atom. The van der Waals surface area contributed by atoms with Gasteiger partial charge < -0.3 is 25.6 Å². The Bertz CT molecular complexity index is 803. The lowest BCUT2D eigenvalue weighted by Gasteiger charge is -2.39. The van der Waals surface area contributed by atoms with Gasteiger partial charge in [-0.25, -0.2) is 4.79 Å². The lowest BCUT2D eigenvalue weighted by molar-refractivity contribution is -0.134. The molecule has 9 heteroatoms. The Labute approximate surface area is 193 Å². The summed E-state index contributed by atoms with van der Waals surface area (Å²) >= 11 is 1.46. The molecular formula is C23H32N4O4S. The second-order valence-electron chi connectivity index (χ2n) is 7.99. The molecule has 1 aromatic carbocycles. The Hall–Kier alpha value is -2.52. The quantitative estimate of drug-likeness (QED) is 0.426. The summed E-state index contributed by atoms with van der Waals surface area (Å²) in [7, 11) is 0. The summed E-state index contributed by atoms with van der Waals surface area (Å²) in [5, 5.41) is 11.1. The van der Waals surface area contributed by atoms with Crippen LogP contribution in [0.4, 0.5) is 4.79 Å². The van der Waals surface area contributed by atoms with E-state index < -0.39 is 5.54 Å². The molecule has 3 amide bonds. The Morgan fingerprint density at radius 1 is 1.19 bits per heavy atom. The third-order valence-electron chi connectivity index (χ3n) is 5.78. The van der Waals surface area contributed by atoms with Gasteiger partial charge in [0.15, 0.2) is 0 Å². The fraction of sp³-hybridized carbons (Fsp3) is 0.522. The highest BCUT2D eigenvalue weighted by molar-refractivity contribution is 8.02. The lowest BCUT2D eigenvalue weighted by atomic mass is 9.86. The molecule has 2 saturated heterocycles. The van der Waals surface area contributed by atoms with Crippen LogP contribution in [0.25, 0.3) is 0 Å². The summed E-state index contributed by atoms with van der Waals surface area (Å²) in [6, 6.07) is 9.76. The maximum absolute atomic E-state index is 13.2. The van der Waals surface area contributed by atoms with Gasteiger partial charge in [0.1, 0.15) is 5.54 Å². The molecule has 0 aromatic heterocycles. The van der Waals surface area contributed by atoms with Crippen molar-refractivity contribution < 1.29 is 19.1 Å². The zero-order chi connectivity index (χ0) is 22.8. The van der Waals surface area contributed by atoms with Gasteiger partial charge in [0.05, 0.1) is 6.61 Å². The van der Waals surface area contributed by atoms with E-state index in [4.69, 9.17) is 4.74 Å². The first-order chi connectivity index (χ1) is 15.5. The van der Waals surface area contributed by atoms with Crippen LogP contribution in [-0.4, -0.2) is 67.2 Å². The van der Waals surface area contributed by atoms with Crippen LogP contribution in [0.2, 0.25) is 0 Å². The van der Waals surface area contributed by atoms with Crippen LogP contribution in [0.5, 0.6) is 0 Å². The highest BCUT2D eigenvalue weighted by Crippen LogP contribution is 2.22. The zero-order valence-corrected chi connectivity index (χ0v) is 19.3. The van der Waals surface area contributed by atoms with E-state index >= 15 is 0 Å². The smallest absolute Gasteiger partial charge is 0.409 e. The van der Waals surface area contributed by atoms with Crippen molar-refractivity contribution in [3.05, 3.63) is 41.8 Å². The predicted octanol–water partition coefficient (Wildman–Crippen LogP) is 2.27. The van der Waals surface area contributed by atoms with Crippen LogP contribution in [0.1, 0.15) is 32.6 Å². The van der Waals surface area contributed by atoms with Crippen LogP contribution >= 0.6 is 11.8 Å². The van der Waals surface area contributed by atoms with E-state index in [0.29, 0.717) is 58.5 Å². The minimum Gasteiger partial charge on any atom is -0.450 e. The SMILES string of the molecule is CCOC(=O)N1CCC(NC(=O)C2(NC(=O)/C=C/Sc3ccccc3)CCNCC2)CC1. The molecule has 0 bridgehead atoms. The summed E-state index contributed by atoms with van der Waals surface area (Å²) in [6.45, 7) is 4.56. The van der Waals surface area contributed by atoms with E-state index in [9.17, 15) is 14.4 Å². The van der Waals surface area contributed by atoms with Crippen molar-refractivity contribution in [1.82, 2.24) is 20.9 Å². The topological polar surface area (TPSA) is 99.8 Å². The van der Waals surface area contributed by atoms with Crippen LogP contribution < -0.4 is 16.0 Å². The molecule has 2 fully saturated rings. The summed E-state index contributed by atoms with van der Waals surface area (Å²) in [6.07, 6.45) is 3.57. The number of rotatable bonds is 7. The third kappa shape index (κ3) is 6.74. The second-order valence-corrected chi connectivity index (χ2v) is 8.97. The minimum atomic E-state index is -0.928. The molecule has 32 heavy (non-hydrogen) atoms. The van der Waals surface area contributed by atoms with Crippen molar-refractivity contribution in [3.63, 3.8) is 0 Å². The molecule has 3 rings (SSSR count). The number of likely N-dealkylation sites (tertiary alicyclic amines) is 1. The van der Waals surface area contributed by atoms with Crippen molar-refractivity contribution in [1.29, 1.82) is 0 Å². The zero-order valence-electron chi connectivity index (χ0n) is 18.5. The minimum absolute atomic E-state index is 0.0268. The monoisotopic (exact) mass is 460 g/mol. The molecular weight excluding hydrogens is 428 g/mol.